The maximum atomic E-state index is 10.1. The normalized spacial score (nSPS) is 30.0. The van der Waals surface area contributed by atoms with E-state index in [0.717, 1.165) is 23.3 Å². The highest BCUT2D eigenvalue weighted by Gasteiger charge is 2.52. The molecule has 1 spiro atoms. The van der Waals surface area contributed by atoms with Gasteiger partial charge in [-0.05, 0) is 18.1 Å². The van der Waals surface area contributed by atoms with Crippen molar-refractivity contribution in [3.05, 3.63) is 35.4 Å². The number of methoxy groups -OCH3 is 1. The third kappa shape index (κ3) is 2.40. The Morgan fingerprint density at radius 3 is 3.16 bits per heavy atom. The van der Waals surface area contributed by atoms with Gasteiger partial charge in [0.25, 0.3) is 0 Å². The van der Waals surface area contributed by atoms with Gasteiger partial charge in [-0.15, -0.1) is 17.6 Å². The number of hydrogen-bond acceptors (Lipinski definition) is 5. The number of aliphatic imine (C=N–C) groups is 1. The number of ether oxygens (including phenoxy) is 2. The molecule has 3 atom stereocenters. The summed E-state index contributed by atoms with van der Waals surface area (Å²) in [7, 11) is 1.63. The van der Waals surface area contributed by atoms with Crippen molar-refractivity contribution in [2.75, 3.05) is 13.7 Å². The van der Waals surface area contributed by atoms with Crippen molar-refractivity contribution >= 4 is 17.8 Å². The van der Waals surface area contributed by atoms with Gasteiger partial charge in [-0.3, -0.25) is 0 Å². The van der Waals surface area contributed by atoms with Crippen LogP contribution in [0.1, 0.15) is 24.0 Å². The van der Waals surface area contributed by atoms with E-state index in [1.807, 2.05) is 23.1 Å². The van der Waals surface area contributed by atoms with E-state index < -0.39 is 6.10 Å². The number of aliphatic hydroxyl groups excluding tert-OH is 1. The number of hydrogen-bond donors (Lipinski definition) is 2. The lowest BCUT2D eigenvalue weighted by Crippen LogP contribution is -2.43. The summed E-state index contributed by atoms with van der Waals surface area (Å²) in [6, 6.07) is 3.94. The van der Waals surface area contributed by atoms with Gasteiger partial charge in [-0.25, -0.2) is 0 Å². The second-order valence-corrected chi connectivity index (χ2v) is 7.02. The largest absolute Gasteiger partial charge is 0.493 e. The number of aliphatic hydroxyl groups is 1. The van der Waals surface area contributed by atoms with Crippen molar-refractivity contribution in [2.24, 2.45) is 4.99 Å². The van der Waals surface area contributed by atoms with Crippen molar-refractivity contribution in [1.29, 1.82) is 5.26 Å². The molecular weight excluding hydrogens is 338 g/mol. The van der Waals surface area contributed by atoms with Crippen molar-refractivity contribution in [3.63, 3.8) is 0 Å². The molecule has 7 heteroatoms. The molecular formula is C18H19N3O3S. The van der Waals surface area contributed by atoms with Crippen molar-refractivity contribution < 1.29 is 14.6 Å². The molecule has 0 fully saturated rings. The fourth-order valence-electron chi connectivity index (χ4n) is 4.22. The van der Waals surface area contributed by atoms with Crippen LogP contribution in [0, 0.1) is 11.5 Å². The average Bonchev–Trinajstić information content (AvgIpc) is 2.83. The summed E-state index contributed by atoms with van der Waals surface area (Å²) >= 11 is 4.37. The van der Waals surface area contributed by atoms with Gasteiger partial charge in [0.05, 0.1) is 18.6 Å². The number of nitriles is 1. The molecule has 25 heavy (non-hydrogen) atoms. The van der Waals surface area contributed by atoms with Gasteiger partial charge in [0, 0.05) is 25.1 Å². The molecule has 0 unspecified atom stereocenters. The highest BCUT2D eigenvalue weighted by Crippen LogP contribution is 2.55. The lowest BCUT2D eigenvalue weighted by atomic mass is 9.69. The second-order valence-electron chi connectivity index (χ2n) is 6.62. The van der Waals surface area contributed by atoms with E-state index in [0.29, 0.717) is 30.4 Å². The second kappa shape index (κ2) is 5.97. The number of benzene rings is 1. The minimum Gasteiger partial charge on any atom is -0.493 e. The zero-order valence-corrected chi connectivity index (χ0v) is 14.7. The third-order valence-electron chi connectivity index (χ3n) is 5.39. The van der Waals surface area contributed by atoms with E-state index in [1.165, 1.54) is 0 Å². The molecule has 0 aromatic heterocycles. The van der Waals surface area contributed by atoms with Crippen LogP contribution in [0.25, 0.3) is 0 Å². The molecule has 0 saturated heterocycles. The fraction of sp³-hybridized carbons (Fsp3) is 0.444. The van der Waals surface area contributed by atoms with Crippen molar-refractivity contribution in [2.45, 2.75) is 37.0 Å². The topological polar surface area (TPSA) is 78.1 Å². The maximum absolute atomic E-state index is 10.1. The van der Waals surface area contributed by atoms with Crippen LogP contribution in [-0.2, 0) is 12.0 Å². The van der Waals surface area contributed by atoms with Crippen LogP contribution >= 0.6 is 12.6 Å². The van der Waals surface area contributed by atoms with Gasteiger partial charge < -0.3 is 19.5 Å². The first-order chi connectivity index (χ1) is 12.1. The summed E-state index contributed by atoms with van der Waals surface area (Å²) in [6.45, 7) is 1.30. The van der Waals surface area contributed by atoms with Crippen LogP contribution in [0.15, 0.2) is 29.3 Å². The van der Waals surface area contributed by atoms with Crippen LogP contribution in [0.3, 0.4) is 0 Å². The quantitative estimate of drug-likeness (QED) is 0.264. The van der Waals surface area contributed by atoms with E-state index in [4.69, 9.17) is 14.7 Å². The SMILES string of the molecule is COc1ccc2c3c1O[C@@H]1C[C@@H](O)C=C[C@]31CCN(C(S)=NC#N)C2. The lowest BCUT2D eigenvalue weighted by molar-refractivity contribution is 0.0834. The molecule has 130 valence electrons. The molecule has 2 aliphatic heterocycles. The molecule has 6 nitrogen and oxygen atoms in total. The highest BCUT2D eigenvalue weighted by atomic mass is 32.1. The predicted molar refractivity (Wildman–Crippen MR) is 95.9 cm³/mol. The van der Waals surface area contributed by atoms with Crippen molar-refractivity contribution in [1.82, 2.24) is 4.90 Å². The Kier molecular flexibility index (Phi) is 3.89. The Labute approximate surface area is 151 Å². The summed E-state index contributed by atoms with van der Waals surface area (Å²) in [4.78, 5) is 5.77. The first-order valence-corrected chi connectivity index (χ1v) is 8.69. The Hall–Kier alpha value is -2.17. The maximum Gasteiger partial charge on any atom is 0.208 e. The predicted octanol–water partition coefficient (Wildman–Crippen LogP) is 1.99. The summed E-state index contributed by atoms with van der Waals surface area (Å²) in [5, 5.41) is 19.3. The summed E-state index contributed by atoms with van der Waals surface area (Å²) in [5.74, 6) is 1.48. The molecule has 2 heterocycles. The molecule has 1 N–H and O–H groups in total. The molecule has 1 aliphatic carbocycles. The van der Waals surface area contributed by atoms with Gasteiger partial charge >= 0.3 is 0 Å². The average molecular weight is 357 g/mol. The number of nitrogens with zero attached hydrogens (tertiary/aromatic N) is 3. The molecule has 1 aromatic carbocycles. The molecule has 0 radical (unpaired) electrons. The fourth-order valence-corrected chi connectivity index (χ4v) is 4.44. The van der Waals surface area contributed by atoms with E-state index in [9.17, 15) is 5.11 Å². The van der Waals surface area contributed by atoms with E-state index in [2.05, 4.69) is 23.7 Å². The Morgan fingerprint density at radius 2 is 2.40 bits per heavy atom. The smallest absolute Gasteiger partial charge is 0.208 e. The first-order valence-electron chi connectivity index (χ1n) is 8.24. The van der Waals surface area contributed by atoms with Crippen LogP contribution in [0.5, 0.6) is 11.5 Å². The minimum atomic E-state index is -0.501. The third-order valence-corrected chi connectivity index (χ3v) is 5.77. The van der Waals surface area contributed by atoms with Crippen LogP contribution < -0.4 is 9.47 Å². The number of thiol groups is 1. The summed E-state index contributed by atoms with van der Waals surface area (Å²) in [6.07, 6.45) is 6.46. The zero-order valence-electron chi connectivity index (χ0n) is 13.8. The van der Waals surface area contributed by atoms with Gasteiger partial charge in [0.1, 0.15) is 6.10 Å². The standard InChI is InChI=1S/C18H19N3O3S/c1-23-13-3-2-11-9-21(17(25)20-10-19)7-6-18-5-4-12(22)8-14(18)24-16(13)15(11)18/h2-5,12,14,22H,6-9H2,1H3,(H,20,25)/t12-,14+,18+/m0/s1. The molecule has 0 amide bonds. The van der Waals surface area contributed by atoms with Gasteiger partial charge in [-0.1, -0.05) is 18.2 Å². The van der Waals surface area contributed by atoms with Crippen LogP contribution in [0.2, 0.25) is 0 Å². The zero-order chi connectivity index (χ0) is 17.6. The molecule has 3 aliphatic rings. The van der Waals surface area contributed by atoms with Crippen LogP contribution in [0.4, 0.5) is 0 Å². The highest BCUT2D eigenvalue weighted by molar-refractivity contribution is 7.96. The lowest BCUT2D eigenvalue weighted by Gasteiger charge is -2.35. The Morgan fingerprint density at radius 1 is 1.56 bits per heavy atom. The molecule has 0 saturated carbocycles. The Balaban J connectivity index is 1.87. The van der Waals surface area contributed by atoms with Gasteiger partial charge in [0.15, 0.2) is 16.7 Å². The summed E-state index contributed by atoms with van der Waals surface area (Å²) in [5.41, 5.74) is 1.94. The number of amidine groups is 1. The van der Waals surface area contributed by atoms with Crippen LogP contribution in [-0.4, -0.2) is 41.0 Å². The van der Waals surface area contributed by atoms with E-state index in [1.54, 1.807) is 13.3 Å². The summed E-state index contributed by atoms with van der Waals surface area (Å²) < 4.78 is 11.8. The molecule has 4 rings (SSSR count). The van der Waals surface area contributed by atoms with Gasteiger partial charge in [0.2, 0.25) is 6.19 Å². The molecule has 0 bridgehead atoms. The molecule has 1 aromatic rings. The first kappa shape index (κ1) is 16.3. The van der Waals surface area contributed by atoms with Crippen molar-refractivity contribution in [3.8, 4) is 17.7 Å². The number of rotatable bonds is 1. The minimum absolute atomic E-state index is 0.131. The monoisotopic (exact) mass is 357 g/mol. The van der Waals surface area contributed by atoms with E-state index in [-0.39, 0.29) is 11.5 Å². The van der Waals surface area contributed by atoms with E-state index >= 15 is 0 Å². The Bertz CT molecular complexity index is 817. The van der Waals surface area contributed by atoms with Gasteiger partial charge in [-0.2, -0.15) is 5.26 Å².